The number of benzene rings is 2. The number of nitrogens with zero attached hydrogens (tertiary/aromatic N) is 1. The van der Waals surface area contributed by atoms with E-state index in [1.54, 1.807) is 62.4 Å². The quantitative estimate of drug-likeness (QED) is 0.106. The molecule has 0 radical (unpaired) electrons. The summed E-state index contributed by atoms with van der Waals surface area (Å²) < 4.78 is 22.1. The van der Waals surface area contributed by atoms with Gasteiger partial charge in [0.2, 0.25) is 0 Å². The van der Waals surface area contributed by atoms with Gasteiger partial charge >= 0.3 is 12.0 Å². The molecular weight excluding hydrogens is 575 g/mol. The fraction of sp³-hybridized carbons (Fsp3) is 0.250. The molecule has 3 aromatic rings. The van der Waals surface area contributed by atoms with Crippen LogP contribution in [0, 0.1) is 0 Å². The molecule has 1 aliphatic heterocycles. The van der Waals surface area contributed by atoms with E-state index in [9.17, 15) is 14.7 Å². The zero-order valence-corrected chi connectivity index (χ0v) is 23.9. The lowest BCUT2D eigenvalue weighted by Crippen LogP contribution is -2.45. The van der Waals surface area contributed by atoms with Gasteiger partial charge in [0.15, 0.2) is 17.7 Å². The molecule has 2 amide bonds. The zero-order chi connectivity index (χ0) is 29.5. The van der Waals surface area contributed by atoms with Gasteiger partial charge in [0, 0.05) is 16.3 Å². The summed E-state index contributed by atoms with van der Waals surface area (Å²) in [5, 5.41) is 20.6. The van der Waals surface area contributed by atoms with E-state index in [-0.39, 0.29) is 12.2 Å². The Kier molecular flexibility index (Phi) is 9.77. The van der Waals surface area contributed by atoms with Gasteiger partial charge in [-0.05, 0) is 61.9 Å². The van der Waals surface area contributed by atoms with E-state index in [2.05, 4.69) is 21.2 Å². The Morgan fingerprint density at radius 3 is 2.71 bits per heavy atom. The molecular formula is C28H28Cl2N4O7. The summed E-state index contributed by atoms with van der Waals surface area (Å²) in [6.45, 7) is 3.58. The molecule has 13 heteroatoms. The third-order valence-corrected chi connectivity index (χ3v) is 6.46. The molecule has 216 valence electrons. The second-order valence-electron chi connectivity index (χ2n) is 8.74. The highest BCUT2D eigenvalue weighted by atomic mass is 35.5. The van der Waals surface area contributed by atoms with Crippen LogP contribution in [0.2, 0.25) is 10.0 Å². The van der Waals surface area contributed by atoms with Crippen molar-refractivity contribution in [1.29, 1.82) is 0 Å². The molecule has 1 aromatic heterocycles. The Balaban J connectivity index is 1.40. The molecule has 0 saturated heterocycles. The molecule has 0 saturated carbocycles. The number of hydrazone groups is 1. The maximum Gasteiger partial charge on any atom is 0.337 e. The Morgan fingerprint density at radius 1 is 1.17 bits per heavy atom. The van der Waals surface area contributed by atoms with Crippen molar-refractivity contribution in [3.05, 3.63) is 81.2 Å². The van der Waals surface area contributed by atoms with Gasteiger partial charge in [-0.15, -0.1) is 0 Å². The smallest absolute Gasteiger partial charge is 0.337 e. The molecule has 4 rings (SSSR count). The van der Waals surface area contributed by atoms with Crippen molar-refractivity contribution < 1.29 is 33.3 Å². The minimum absolute atomic E-state index is 0.170. The summed E-state index contributed by atoms with van der Waals surface area (Å²) in [6.07, 6.45) is 0.236. The lowest BCUT2D eigenvalue weighted by Gasteiger charge is -2.28. The number of amides is 2. The van der Waals surface area contributed by atoms with Crippen LogP contribution in [0.15, 0.2) is 69.3 Å². The number of halogens is 2. The molecule has 2 aromatic carbocycles. The summed E-state index contributed by atoms with van der Waals surface area (Å²) in [5.74, 6) is 1.10. The summed E-state index contributed by atoms with van der Waals surface area (Å²) in [4.78, 5) is 24.5. The number of ether oxygens (including phenoxy) is 3. The molecule has 0 spiro atoms. The molecule has 1 aliphatic rings. The summed E-state index contributed by atoms with van der Waals surface area (Å²) >= 11 is 12.2. The van der Waals surface area contributed by atoms with Crippen LogP contribution >= 0.6 is 23.2 Å². The second-order valence-corrected chi connectivity index (χ2v) is 9.58. The Bertz CT molecular complexity index is 1490. The van der Waals surface area contributed by atoms with Crippen LogP contribution in [0.5, 0.6) is 11.5 Å². The van der Waals surface area contributed by atoms with E-state index >= 15 is 0 Å². The van der Waals surface area contributed by atoms with Gasteiger partial charge in [-0.2, -0.15) is 5.10 Å². The van der Waals surface area contributed by atoms with Crippen molar-refractivity contribution in [3.63, 3.8) is 0 Å². The number of nitrogens with one attached hydrogen (secondary N) is 3. The largest absolute Gasteiger partial charge is 0.490 e. The monoisotopic (exact) mass is 602 g/mol. The average molecular weight is 603 g/mol. The van der Waals surface area contributed by atoms with E-state index in [1.165, 1.54) is 13.3 Å². The van der Waals surface area contributed by atoms with Gasteiger partial charge in [-0.1, -0.05) is 29.3 Å². The number of hydrogen-bond acceptors (Lipinski definition) is 9. The molecule has 2 atom stereocenters. The predicted molar refractivity (Wildman–Crippen MR) is 153 cm³/mol. The van der Waals surface area contributed by atoms with Gasteiger partial charge < -0.3 is 34.4 Å². The highest BCUT2D eigenvalue weighted by molar-refractivity contribution is 6.36. The first kappa shape index (κ1) is 29.8. The first-order valence-electron chi connectivity index (χ1n) is 12.5. The van der Waals surface area contributed by atoms with E-state index in [0.29, 0.717) is 56.5 Å². The van der Waals surface area contributed by atoms with Crippen LogP contribution in [0.3, 0.4) is 0 Å². The molecule has 0 bridgehead atoms. The van der Waals surface area contributed by atoms with Crippen LogP contribution < -0.4 is 25.5 Å². The SMILES string of the molecule is CCOc1cc([C@H]2NC(=O)NC(C)=C2C(=O)OC)ccc1OC[C@@H](O)N/N=C/c1ccc(-c2ccc(Cl)cc2Cl)o1. The van der Waals surface area contributed by atoms with Gasteiger partial charge in [0.05, 0.1) is 36.6 Å². The zero-order valence-electron chi connectivity index (χ0n) is 22.4. The number of methoxy groups -OCH3 is 1. The maximum atomic E-state index is 12.4. The summed E-state index contributed by atoms with van der Waals surface area (Å²) in [5.41, 5.74) is 4.48. The van der Waals surface area contributed by atoms with E-state index in [0.717, 1.165) is 0 Å². The van der Waals surface area contributed by atoms with Gasteiger partial charge in [-0.25, -0.2) is 9.59 Å². The number of rotatable bonds is 11. The van der Waals surface area contributed by atoms with E-state index in [1.807, 2.05) is 0 Å². The van der Waals surface area contributed by atoms with Gasteiger partial charge in [0.1, 0.15) is 18.1 Å². The summed E-state index contributed by atoms with van der Waals surface area (Å²) in [6, 6.07) is 12.3. The van der Waals surface area contributed by atoms with Crippen LogP contribution in [0.4, 0.5) is 4.79 Å². The van der Waals surface area contributed by atoms with Crippen molar-refractivity contribution >= 4 is 41.4 Å². The van der Waals surface area contributed by atoms with E-state index < -0.39 is 24.3 Å². The third kappa shape index (κ3) is 7.31. The lowest BCUT2D eigenvalue weighted by molar-refractivity contribution is -0.136. The van der Waals surface area contributed by atoms with Gasteiger partial charge in [-0.3, -0.25) is 5.43 Å². The van der Waals surface area contributed by atoms with Crippen molar-refractivity contribution in [2.45, 2.75) is 26.1 Å². The lowest BCUT2D eigenvalue weighted by atomic mass is 9.95. The topological polar surface area (TPSA) is 144 Å². The molecule has 11 nitrogen and oxygen atoms in total. The first-order chi connectivity index (χ1) is 19.7. The molecule has 0 unspecified atom stereocenters. The number of allylic oxidation sites excluding steroid dienone is 1. The Hall–Kier alpha value is -4.19. The number of aliphatic hydroxyl groups excluding tert-OH is 1. The normalized spacial score (nSPS) is 15.8. The second kappa shape index (κ2) is 13.4. The Morgan fingerprint density at radius 2 is 1.98 bits per heavy atom. The van der Waals surface area contributed by atoms with Crippen LogP contribution in [-0.4, -0.2) is 49.9 Å². The van der Waals surface area contributed by atoms with Crippen molar-refractivity contribution in [2.75, 3.05) is 20.3 Å². The highest BCUT2D eigenvalue weighted by Gasteiger charge is 2.32. The van der Waals surface area contributed by atoms with Crippen LogP contribution in [0.1, 0.15) is 31.2 Å². The van der Waals surface area contributed by atoms with Crippen molar-refractivity contribution in [1.82, 2.24) is 16.1 Å². The van der Waals surface area contributed by atoms with Crippen molar-refractivity contribution in [3.8, 4) is 22.8 Å². The number of esters is 1. The van der Waals surface area contributed by atoms with Gasteiger partial charge in [0.25, 0.3) is 0 Å². The average Bonchev–Trinajstić information content (AvgIpc) is 3.40. The number of carbonyl (C=O) groups is 2. The number of furan rings is 1. The molecule has 4 N–H and O–H groups in total. The minimum Gasteiger partial charge on any atom is -0.490 e. The van der Waals surface area contributed by atoms with Crippen molar-refractivity contribution in [2.24, 2.45) is 5.10 Å². The summed E-state index contributed by atoms with van der Waals surface area (Å²) in [7, 11) is 1.27. The molecule has 0 fully saturated rings. The Labute approximate surface area is 246 Å². The fourth-order valence-electron chi connectivity index (χ4n) is 4.07. The number of carbonyl (C=O) groups excluding carboxylic acids is 2. The number of aliphatic hydroxyl groups is 1. The predicted octanol–water partition coefficient (Wildman–Crippen LogP) is 4.77. The third-order valence-electron chi connectivity index (χ3n) is 5.91. The molecule has 0 aliphatic carbocycles. The molecule has 41 heavy (non-hydrogen) atoms. The number of hydrogen-bond donors (Lipinski definition) is 4. The maximum absolute atomic E-state index is 12.4. The first-order valence-corrected chi connectivity index (χ1v) is 13.2. The van der Waals surface area contributed by atoms with Crippen LogP contribution in [0.25, 0.3) is 11.3 Å². The number of urea groups is 1. The minimum atomic E-state index is -1.17. The van der Waals surface area contributed by atoms with Crippen LogP contribution in [-0.2, 0) is 9.53 Å². The molecule has 2 heterocycles. The highest BCUT2D eigenvalue weighted by Crippen LogP contribution is 2.35. The van der Waals surface area contributed by atoms with E-state index in [4.69, 9.17) is 41.8 Å². The fourth-order valence-corrected chi connectivity index (χ4v) is 4.57. The standard InChI is InChI=1S/C28H28Cl2N4O7/c1-4-39-23-11-16(26-25(27(36)38-3)15(2)32-28(37)33-26)5-9-22(23)40-14-24(35)34-31-13-18-7-10-21(41-18)19-8-6-17(29)12-20(19)30/h5-13,24,26,34-35H,4,14H2,1-3H3,(H2,32,33,37)/b31-13+/t24-,26-/m1/s1.